The fourth-order valence-corrected chi connectivity index (χ4v) is 2.79. The van der Waals surface area contributed by atoms with E-state index in [1.54, 1.807) is 18.8 Å². The van der Waals surface area contributed by atoms with Crippen LogP contribution in [-0.4, -0.2) is 29.0 Å². The maximum absolute atomic E-state index is 5.82. The maximum Gasteiger partial charge on any atom is 0.205 e. The largest absolute Gasteiger partial charge is 0.494 e. The van der Waals surface area contributed by atoms with Crippen LogP contribution in [0.4, 0.5) is 0 Å². The van der Waals surface area contributed by atoms with Crippen molar-refractivity contribution in [2.75, 3.05) is 14.2 Å². The Morgan fingerprint density at radius 3 is 2.35 bits per heavy atom. The highest BCUT2D eigenvalue weighted by atomic mass is 79.9. The summed E-state index contributed by atoms with van der Waals surface area (Å²) in [6, 6.07) is 9.39. The van der Waals surface area contributed by atoms with E-state index in [1.807, 2.05) is 37.3 Å². The summed E-state index contributed by atoms with van der Waals surface area (Å²) < 4.78 is 19.1. The lowest BCUT2D eigenvalue weighted by Gasteiger charge is -2.15. The average molecular weight is 378 g/mol. The predicted octanol–water partition coefficient (Wildman–Crippen LogP) is 3.87. The number of para-hydroxylation sites is 1. The molecule has 0 N–H and O–H groups in total. The number of furan rings is 1. The molecular weight excluding hydrogens is 362 g/mol. The molecule has 120 valence electrons. The summed E-state index contributed by atoms with van der Waals surface area (Å²) in [7, 11) is 3.22. The number of rotatable bonds is 5. The van der Waals surface area contributed by atoms with Crippen molar-refractivity contribution in [1.82, 2.24) is 14.8 Å². The molecule has 3 rings (SSSR count). The van der Waals surface area contributed by atoms with Crippen LogP contribution in [0.15, 0.2) is 39.5 Å². The average Bonchev–Trinajstić information content (AvgIpc) is 3.20. The van der Waals surface area contributed by atoms with Crippen molar-refractivity contribution in [3.8, 4) is 28.8 Å². The van der Waals surface area contributed by atoms with Crippen LogP contribution in [0.1, 0.15) is 12.7 Å². The van der Waals surface area contributed by atoms with Crippen LogP contribution >= 0.6 is 15.9 Å². The number of halogens is 1. The monoisotopic (exact) mass is 377 g/mol. The molecule has 1 aromatic carbocycles. The molecule has 0 spiro atoms. The highest BCUT2D eigenvalue weighted by Gasteiger charge is 2.22. The molecule has 3 aromatic rings. The SMILES string of the molecule is CCc1ccc(-c2nnc(Br)n2-c2c(OC)cccc2OC)o1. The van der Waals surface area contributed by atoms with Crippen molar-refractivity contribution in [2.24, 2.45) is 0 Å². The lowest BCUT2D eigenvalue weighted by molar-refractivity contribution is 0.390. The van der Waals surface area contributed by atoms with E-state index < -0.39 is 0 Å². The van der Waals surface area contributed by atoms with Crippen molar-refractivity contribution >= 4 is 15.9 Å². The van der Waals surface area contributed by atoms with E-state index in [4.69, 9.17) is 13.9 Å². The Kier molecular flexibility index (Phi) is 4.38. The van der Waals surface area contributed by atoms with Gasteiger partial charge in [-0.1, -0.05) is 13.0 Å². The number of aryl methyl sites for hydroxylation is 1. The molecule has 0 bridgehead atoms. The second-order valence-corrected chi connectivity index (χ2v) is 5.47. The standard InChI is InChI=1S/C16H16BrN3O3/c1-4-10-8-9-13(23-10)15-18-19-16(17)20(15)14-11(21-2)6-5-7-12(14)22-3/h5-9H,4H2,1-3H3. The Hall–Kier alpha value is -2.28. The van der Waals surface area contributed by atoms with Gasteiger partial charge in [0.25, 0.3) is 0 Å². The van der Waals surface area contributed by atoms with Crippen molar-refractivity contribution in [3.63, 3.8) is 0 Å². The first kappa shape index (κ1) is 15.6. The zero-order valence-electron chi connectivity index (χ0n) is 13.0. The molecule has 0 aliphatic carbocycles. The lowest BCUT2D eigenvalue weighted by atomic mass is 10.2. The van der Waals surface area contributed by atoms with E-state index in [9.17, 15) is 0 Å². The Balaban J connectivity index is 2.24. The van der Waals surface area contributed by atoms with E-state index in [1.165, 1.54) is 0 Å². The molecule has 0 amide bonds. The molecule has 0 saturated heterocycles. The summed E-state index contributed by atoms with van der Waals surface area (Å²) in [6.45, 7) is 2.03. The van der Waals surface area contributed by atoms with Crippen LogP contribution in [0, 0.1) is 0 Å². The van der Waals surface area contributed by atoms with Crippen LogP contribution in [0.25, 0.3) is 17.3 Å². The summed E-state index contributed by atoms with van der Waals surface area (Å²) in [6.07, 6.45) is 0.813. The van der Waals surface area contributed by atoms with E-state index in [0.717, 1.165) is 12.2 Å². The normalized spacial score (nSPS) is 10.8. The van der Waals surface area contributed by atoms with Crippen molar-refractivity contribution < 1.29 is 13.9 Å². The first-order chi connectivity index (χ1) is 11.2. The van der Waals surface area contributed by atoms with Gasteiger partial charge in [-0.25, -0.2) is 0 Å². The van der Waals surface area contributed by atoms with Crippen LogP contribution in [-0.2, 0) is 6.42 Å². The fraction of sp³-hybridized carbons (Fsp3) is 0.250. The van der Waals surface area contributed by atoms with Gasteiger partial charge in [0.15, 0.2) is 5.76 Å². The maximum atomic E-state index is 5.82. The third-order valence-corrected chi connectivity index (χ3v) is 3.99. The zero-order chi connectivity index (χ0) is 16.4. The highest BCUT2D eigenvalue weighted by molar-refractivity contribution is 9.10. The highest BCUT2D eigenvalue weighted by Crippen LogP contribution is 2.37. The number of nitrogens with zero attached hydrogens (tertiary/aromatic N) is 3. The van der Waals surface area contributed by atoms with E-state index in [2.05, 4.69) is 26.1 Å². The third-order valence-electron chi connectivity index (χ3n) is 3.48. The Bertz CT molecular complexity index is 804. The Morgan fingerprint density at radius 1 is 1.09 bits per heavy atom. The second-order valence-electron chi connectivity index (χ2n) is 4.76. The van der Waals surface area contributed by atoms with Gasteiger partial charge in [-0.3, -0.25) is 4.57 Å². The fourth-order valence-electron chi connectivity index (χ4n) is 2.36. The molecule has 0 fully saturated rings. The van der Waals surface area contributed by atoms with Crippen molar-refractivity contribution in [2.45, 2.75) is 13.3 Å². The minimum absolute atomic E-state index is 0.532. The number of hydrogen-bond donors (Lipinski definition) is 0. The van der Waals surface area contributed by atoms with Gasteiger partial charge >= 0.3 is 0 Å². The molecule has 0 aliphatic heterocycles. The molecule has 2 aromatic heterocycles. The molecule has 0 unspecified atom stereocenters. The molecule has 23 heavy (non-hydrogen) atoms. The molecule has 0 saturated carbocycles. The second kappa shape index (κ2) is 6.45. The Morgan fingerprint density at radius 2 is 1.78 bits per heavy atom. The van der Waals surface area contributed by atoms with Gasteiger partial charge in [0.1, 0.15) is 22.9 Å². The van der Waals surface area contributed by atoms with Gasteiger partial charge in [0.2, 0.25) is 10.6 Å². The van der Waals surface area contributed by atoms with Gasteiger partial charge in [-0.15, -0.1) is 10.2 Å². The van der Waals surface area contributed by atoms with Crippen molar-refractivity contribution in [1.29, 1.82) is 0 Å². The van der Waals surface area contributed by atoms with Crippen molar-refractivity contribution in [3.05, 3.63) is 40.8 Å². The van der Waals surface area contributed by atoms with Gasteiger partial charge in [0, 0.05) is 6.42 Å². The van der Waals surface area contributed by atoms with E-state index in [0.29, 0.717) is 33.5 Å². The zero-order valence-corrected chi connectivity index (χ0v) is 14.6. The van der Waals surface area contributed by atoms with Gasteiger partial charge < -0.3 is 13.9 Å². The Labute approximate surface area is 142 Å². The summed E-state index contributed by atoms with van der Waals surface area (Å²) in [5.74, 6) is 3.38. The summed E-state index contributed by atoms with van der Waals surface area (Å²) in [5.41, 5.74) is 0.707. The summed E-state index contributed by atoms with van der Waals surface area (Å²) in [4.78, 5) is 0. The topological polar surface area (TPSA) is 62.3 Å². The first-order valence-electron chi connectivity index (χ1n) is 7.11. The predicted molar refractivity (Wildman–Crippen MR) is 89.2 cm³/mol. The first-order valence-corrected chi connectivity index (χ1v) is 7.90. The number of ether oxygens (including phenoxy) is 2. The molecule has 2 heterocycles. The quantitative estimate of drug-likeness (QED) is 0.675. The number of hydrogen-bond acceptors (Lipinski definition) is 5. The van der Waals surface area contributed by atoms with Crippen LogP contribution in [0.2, 0.25) is 0 Å². The van der Waals surface area contributed by atoms with Gasteiger partial charge in [-0.2, -0.15) is 0 Å². The molecule has 7 heteroatoms. The van der Waals surface area contributed by atoms with Crippen LogP contribution < -0.4 is 9.47 Å². The minimum Gasteiger partial charge on any atom is -0.494 e. The molecule has 6 nitrogen and oxygen atoms in total. The van der Waals surface area contributed by atoms with Gasteiger partial charge in [0.05, 0.1) is 14.2 Å². The van der Waals surface area contributed by atoms with Crippen LogP contribution in [0.5, 0.6) is 11.5 Å². The molecule has 0 atom stereocenters. The molecular formula is C16H16BrN3O3. The lowest BCUT2D eigenvalue weighted by Crippen LogP contribution is -2.03. The van der Waals surface area contributed by atoms with Gasteiger partial charge in [-0.05, 0) is 40.2 Å². The smallest absolute Gasteiger partial charge is 0.205 e. The summed E-state index contributed by atoms with van der Waals surface area (Å²) >= 11 is 3.44. The van der Waals surface area contributed by atoms with E-state index >= 15 is 0 Å². The number of benzene rings is 1. The summed E-state index contributed by atoms with van der Waals surface area (Å²) in [5, 5.41) is 8.34. The third kappa shape index (κ3) is 2.72. The molecule has 0 aliphatic rings. The molecule has 0 radical (unpaired) electrons. The number of aromatic nitrogens is 3. The minimum atomic E-state index is 0.532. The van der Waals surface area contributed by atoms with E-state index in [-0.39, 0.29) is 0 Å². The number of methoxy groups -OCH3 is 2. The van der Waals surface area contributed by atoms with Crippen LogP contribution in [0.3, 0.4) is 0 Å².